The van der Waals surface area contributed by atoms with Crippen LogP contribution in [0.15, 0.2) is 71.6 Å². The molecule has 0 spiro atoms. The van der Waals surface area contributed by atoms with E-state index >= 15 is 0 Å². The number of hydrogen-bond acceptors (Lipinski definition) is 4. The first-order chi connectivity index (χ1) is 12.5. The Morgan fingerprint density at radius 1 is 1.04 bits per heavy atom. The number of ether oxygens (including phenoxy) is 1. The van der Waals surface area contributed by atoms with Crippen LogP contribution >= 0.6 is 0 Å². The van der Waals surface area contributed by atoms with Gasteiger partial charge in [0.25, 0.3) is 0 Å². The molecule has 0 aromatic heterocycles. The largest absolute Gasteiger partial charge is 0.457 e. The van der Waals surface area contributed by atoms with Crippen molar-refractivity contribution in [1.29, 1.82) is 0 Å². The maximum absolute atomic E-state index is 12.8. The molecule has 0 heterocycles. The Hall–Kier alpha value is -2.44. The number of benzene rings is 2. The lowest BCUT2D eigenvalue weighted by atomic mass is 10.0. The third kappa shape index (κ3) is 5.77. The summed E-state index contributed by atoms with van der Waals surface area (Å²) in [5, 5.41) is 0. The summed E-state index contributed by atoms with van der Waals surface area (Å²) in [4.78, 5) is 12.6. The molecule has 1 N–H and O–H groups in total. The molecule has 0 aliphatic rings. The SMILES string of the molecule is C=C(C(=O)OC(C)(C)C)C(NS(=O)(=O)c1ccc(C)cc1)c1ccccc1. The van der Waals surface area contributed by atoms with Crippen LogP contribution in [0.4, 0.5) is 0 Å². The minimum absolute atomic E-state index is 0.0202. The maximum atomic E-state index is 12.8. The fraction of sp³-hybridized carbons (Fsp3) is 0.286. The van der Waals surface area contributed by atoms with E-state index in [4.69, 9.17) is 4.74 Å². The number of nitrogens with one attached hydrogen (secondary N) is 1. The Balaban J connectivity index is 2.37. The predicted octanol–water partition coefficient (Wildman–Crippen LogP) is 3.91. The van der Waals surface area contributed by atoms with Gasteiger partial charge in [-0.05, 0) is 45.4 Å². The molecular formula is C21H25NO4S. The average Bonchev–Trinajstić information content (AvgIpc) is 2.59. The second-order valence-corrected chi connectivity index (χ2v) is 9.02. The third-order valence-corrected chi connectivity index (χ3v) is 5.19. The summed E-state index contributed by atoms with van der Waals surface area (Å²) in [6, 6.07) is 14.4. The zero-order valence-electron chi connectivity index (χ0n) is 16.0. The third-order valence-electron chi connectivity index (χ3n) is 3.75. The molecule has 5 nitrogen and oxygen atoms in total. The summed E-state index contributed by atoms with van der Waals surface area (Å²) >= 11 is 0. The monoisotopic (exact) mass is 387 g/mol. The van der Waals surface area contributed by atoms with Gasteiger partial charge in [0.1, 0.15) is 5.60 Å². The van der Waals surface area contributed by atoms with Gasteiger partial charge in [-0.25, -0.2) is 13.2 Å². The van der Waals surface area contributed by atoms with E-state index in [1.165, 1.54) is 12.1 Å². The molecule has 0 aliphatic heterocycles. The average molecular weight is 388 g/mol. The summed E-state index contributed by atoms with van der Waals surface area (Å²) < 4.78 is 33.6. The van der Waals surface area contributed by atoms with Crippen molar-refractivity contribution in [2.75, 3.05) is 0 Å². The van der Waals surface area contributed by atoms with Crippen molar-refractivity contribution in [3.05, 3.63) is 77.9 Å². The standard InChI is InChI=1S/C21H25NO4S/c1-15-11-13-18(14-12-15)27(24,25)22-19(17-9-7-6-8-10-17)16(2)20(23)26-21(3,4)5/h6-14,19,22H,2H2,1,3-5H3. The highest BCUT2D eigenvalue weighted by molar-refractivity contribution is 7.89. The van der Waals surface area contributed by atoms with Gasteiger partial charge in [-0.1, -0.05) is 54.6 Å². The van der Waals surface area contributed by atoms with Gasteiger partial charge in [-0.2, -0.15) is 4.72 Å². The van der Waals surface area contributed by atoms with Crippen molar-refractivity contribution in [3.8, 4) is 0 Å². The normalized spacial score (nSPS) is 13.0. The lowest BCUT2D eigenvalue weighted by molar-refractivity contribution is -0.150. The van der Waals surface area contributed by atoms with E-state index in [1.807, 2.05) is 13.0 Å². The van der Waals surface area contributed by atoms with E-state index in [0.717, 1.165) is 5.56 Å². The zero-order valence-corrected chi connectivity index (χ0v) is 16.8. The smallest absolute Gasteiger partial charge is 0.335 e. The molecular weight excluding hydrogens is 362 g/mol. The number of hydrogen-bond donors (Lipinski definition) is 1. The van der Waals surface area contributed by atoms with Gasteiger partial charge in [0.05, 0.1) is 16.5 Å². The molecule has 6 heteroatoms. The van der Waals surface area contributed by atoms with E-state index in [9.17, 15) is 13.2 Å². The molecule has 27 heavy (non-hydrogen) atoms. The first-order valence-corrected chi connectivity index (χ1v) is 10.0. The molecule has 0 amide bonds. The van der Waals surface area contributed by atoms with Crippen LogP contribution in [0.5, 0.6) is 0 Å². The highest BCUT2D eigenvalue weighted by atomic mass is 32.2. The topological polar surface area (TPSA) is 72.5 Å². The van der Waals surface area contributed by atoms with E-state index in [-0.39, 0.29) is 10.5 Å². The molecule has 144 valence electrons. The van der Waals surface area contributed by atoms with E-state index in [0.29, 0.717) is 5.56 Å². The number of carbonyl (C=O) groups is 1. The second-order valence-electron chi connectivity index (χ2n) is 7.31. The highest BCUT2D eigenvalue weighted by Crippen LogP contribution is 2.26. The molecule has 0 aliphatic carbocycles. The molecule has 1 unspecified atom stereocenters. The second kappa shape index (κ2) is 8.06. The highest BCUT2D eigenvalue weighted by Gasteiger charge is 2.29. The van der Waals surface area contributed by atoms with Crippen molar-refractivity contribution in [2.24, 2.45) is 0 Å². The van der Waals surface area contributed by atoms with E-state index in [1.54, 1.807) is 57.2 Å². The summed E-state index contributed by atoms with van der Waals surface area (Å²) in [5.74, 6) is -0.650. The van der Waals surface area contributed by atoms with Gasteiger partial charge >= 0.3 is 5.97 Å². The molecule has 0 bridgehead atoms. The molecule has 2 aromatic rings. The Morgan fingerprint density at radius 3 is 2.11 bits per heavy atom. The first kappa shape index (κ1) is 20.9. The molecule has 0 radical (unpaired) electrons. The van der Waals surface area contributed by atoms with E-state index < -0.39 is 27.6 Å². The van der Waals surface area contributed by atoms with Crippen LogP contribution in [0.25, 0.3) is 0 Å². The fourth-order valence-corrected chi connectivity index (χ4v) is 3.61. The Labute approximate surface area is 161 Å². The number of aryl methyl sites for hydroxylation is 1. The Kier molecular flexibility index (Phi) is 6.23. The summed E-state index contributed by atoms with van der Waals surface area (Å²) in [6.45, 7) is 10.9. The van der Waals surface area contributed by atoms with Crippen LogP contribution in [-0.2, 0) is 19.6 Å². The zero-order chi connectivity index (χ0) is 20.2. The number of esters is 1. The number of carbonyl (C=O) groups excluding carboxylic acids is 1. The van der Waals surface area contributed by atoms with Gasteiger partial charge in [-0.15, -0.1) is 0 Å². The lowest BCUT2D eigenvalue weighted by Gasteiger charge is -2.25. The summed E-state index contributed by atoms with van der Waals surface area (Å²) in [6.07, 6.45) is 0. The van der Waals surface area contributed by atoms with Crippen LogP contribution in [0.3, 0.4) is 0 Å². The van der Waals surface area contributed by atoms with Crippen molar-refractivity contribution < 1.29 is 17.9 Å². The quantitative estimate of drug-likeness (QED) is 0.602. The van der Waals surface area contributed by atoms with Crippen LogP contribution in [0.1, 0.15) is 37.9 Å². The maximum Gasteiger partial charge on any atom is 0.335 e. The van der Waals surface area contributed by atoms with Gasteiger partial charge < -0.3 is 4.74 Å². The summed E-state index contributed by atoms with van der Waals surface area (Å²) in [7, 11) is -3.87. The van der Waals surface area contributed by atoms with Gasteiger partial charge in [0.2, 0.25) is 10.0 Å². The minimum atomic E-state index is -3.87. The number of sulfonamides is 1. The van der Waals surface area contributed by atoms with Gasteiger partial charge in [0, 0.05) is 0 Å². The molecule has 1 atom stereocenters. The predicted molar refractivity (Wildman–Crippen MR) is 106 cm³/mol. The molecule has 0 saturated carbocycles. The Bertz CT molecular complexity index is 911. The fourth-order valence-electron chi connectivity index (χ4n) is 2.39. The van der Waals surface area contributed by atoms with Gasteiger partial charge in [0.15, 0.2) is 0 Å². The number of rotatable bonds is 6. The molecule has 2 aromatic carbocycles. The minimum Gasteiger partial charge on any atom is -0.457 e. The van der Waals surface area contributed by atoms with Crippen molar-refractivity contribution in [1.82, 2.24) is 4.72 Å². The van der Waals surface area contributed by atoms with E-state index in [2.05, 4.69) is 11.3 Å². The summed E-state index contributed by atoms with van der Waals surface area (Å²) in [5.41, 5.74) is 0.861. The molecule has 0 fully saturated rings. The first-order valence-electron chi connectivity index (χ1n) is 8.56. The molecule has 0 saturated heterocycles. The van der Waals surface area contributed by atoms with Crippen LogP contribution in [-0.4, -0.2) is 20.0 Å². The lowest BCUT2D eigenvalue weighted by Crippen LogP contribution is -2.34. The van der Waals surface area contributed by atoms with Crippen LogP contribution in [0, 0.1) is 6.92 Å². The Morgan fingerprint density at radius 2 is 1.59 bits per heavy atom. The van der Waals surface area contributed by atoms with Crippen LogP contribution < -0.4 is 4.72 Å². The van der Waals surface area contributed by atoms with Crippen molar-refractivity contribution in [3.63, 3.8) is 0 Å². The molecule has 2 rings (SSSR count). The van der Waals surface area contributed by atoms with Crippen molar-refractivity contribution >= 4 is 16.0 Å². The van der Waals surface area contributed by atoms with Gasteiger partial charge in [-0.3, -0.25) is 0 Å². The van der Waals surface area contributed by atoms with Crippen LogP contribution in [0.2, 0.25) is 0 Å². The van der Waals surface area contributed by atoms with Crippen molar-refractivity contribution in [2.45, 2.75) is 44.2 Å².